The van der Waals surface area contributed by atoms with Crippen molar-refractivity contribution in [2.75, 3.05) is 0 Å². The third-order valence-corrected chi connectivity index (χ3v) is 3.54. The number of rotatable bonds is 2. The van der Waals surface area contributed by atoms with Crippen LogP contribution < -0.4 is 14.8 Å². The van der Waals surface area contributed by atoms with Crippen LogP contribution >= 0.6 is 11.3 Å². The van der Waals surface area contributed by atoms with Gasteiger partial charge in [0.15, 0.2) is 0 Å². The summed E-state index contributed by atoms with van der Waals surface area (Å²) in [6.07, 6.45) is 0. The third kappa shape index (κ3) is 1.89. The predicted octanol–water partition coefficient (Wildman–Crippen LogP) is -0.0806. The number of thiol groups is 1. The SMILES string of the molecule is Cn1c(=NN)sc2cc(O[SH](=O)=O)ccc21. The molecule has 0 aliphatic heterocycles. The van der Waals surface area contributed by atoms with E-state index >= 15 is 0 Å². The Kier molecular flexibility index (Phi) is 2.84. The standard InChI is InChI=1S/C8H9N3O3S2/c1-11-6-3-2-5(14-16(12)13)4-7(6)15-8(11)10-9/h2-4,16H,9H2,1H3. The topological polar surface area (TPSA) is 86.7 Å². The second-order valence-corrected chi connectivity index (χ2v) is 4.66. The van der Waals surface area contributed by atoms with Crippen molar-refractivity contribution in [1.82, 2.24) is 4.57 Å². The molecule has 16 heavy (non-hydrogen) atoms. The van der Waals surface area contributed by atoms with E-state index < -0.39 is 11.0 Å². The van der Waals surface area contributed by atoms with E-state index in [1.165, 1.54) is 11.3 Å². The maximum Gasteiger partial charge on any atom is 0.299 e. The lowest BCUT2D eigenvalue weighted by Gasteiger charge is -1.98. The first-order valence-electron chi connectivity index (χ1n) is 4.27. The first kappa shape index (κ1) is 11.0. The van der Waals surface area contributed by atoms with Gasteiger partial charge in [0.1, 0.15) is 5.75 Å². The summed E-state index contributed by atoms with van der Waals surface area (Å²) in [5, 5.41) is 3.62. The van der Waals surface area contributed by atoms with Crippen LogP contribution in [0, 0.1) is 0 Å². The molecule has 1 heterocycles. The van der Waals surface area contributed by atoms with Crippen molar-refractivity contribution in [2.24, 2.45) is 18.0 Å². The molecule has 2 N–H and O–H groups in total. The van der Waals surface area contributed by atoms with Crippen molar-refractivity contribution in [1.29, 1.82) is 0 Å². The second kappa shape index (κ2) is 4.14. The third-order valence-electron chi connectivity index (χ3n) is 2.07. The number of nitrogens with two attached hydrogens (primary N) is 1. The number of hydrogen-bond acceptors (Lipinski definition) is 6. The highest BCUT2D eigenvalue weighted by Crippen LogP contribution is 2.22. The predicted molar refractivity (Wildman–Crippen MR) is 61.5 cm³/mol. The largest absolute Gasteiger partial charge is 0.384 e. The Morgan fingerprint density at radius 1 is 1.50 bits per heavy atom. The molecule has 8 heteroatoms. The number of hydrogen-bond donors (Lipinski definition) is 2. The molecule has 0 atom stereocenters. The zero-order valence-corrected chi connectivity index (χ0v) is 9.99. The highest BCUT2D eigenvalue weighted by molar-refractivity contribution is 7.67. The molecule has 1 aromatic carbocycles. The normalized spacial score (nSPS) is 12.5. The fraction of sp³-hybridized carbons (Fsp3) is 0.125. The van der Waals surface area contributed by atoms with Gasteiger partial charge >= 0.3 is 0 Å². The van der Waals surface area contributed by atoms with Crippen LogP contribution in [0.25, 0.3) is 10.2 Å². The van der Waals surface area contributed by atoms with Gasteiger partial charge < -0.3 is 14.6 Å². The smallest absolute Gasteiger partial charge is 0.299 e. The number of fused-ring (bicyclic) bond motifs is 1. The summed E-state index contributed by atoms with van der Waals surface area (Å²) in [7, 11) is -1.05. The van der Waals surface area contributed by atoms with E-state index in [0.29, 0.717) is 4.80 Å². The van der Waals surface area contributed by atoms with E-state index in [1.54, 1.807) is 18.2 Å². The van der Waals surface area contributed by atoms with E-state index in [0.717, 1.165) is 10.2 Å². The van der Waals surface area contributed by atoms with E-state index in [1.807, 2.05) is 11.6 Å². The molecular formula is C8H9N3O3S2. The minimum absolute atomic E-state index is 0.286. The van der Waals surface area contributed by atoms with Gasteiger partial charge in [-0.1, -0.05) is 11.3 Å². The monoisotopic (exact) mass is 259 g/mol. The summed E-state index contributed by atoms with van der Waals surface area (Å²) in [5.41, 5.74) is 0.919. The van der Waals surface area contributed by atoms with Crippen molar-refractivity contribution in [3.05, 3.63) is 23.0 Å². The molecule has 6 nitrogen and oxygen atoms in total. The number of benzene rings is 1. The van der Waals surface area contributed by atoms with Crippen LogP contribution in [0.2, 0.25) is 0 Å². The fourth-order valence-electron chi connectivity index (χ4n) is 1.38. The molecule has 1 aromatic heterocycles. The maximum atomic E-state index is 10.4. The van der Waals surface area contributed by atoms with Crippen LogP contribution in [0.15, 0.2) is 23.3 Å². The summed E-state index contributed by atoms with van der Waals surface area (Å²) >= 11 is 1.36. The Morgan fingerprint density at radius 2 is 2.25 bits per heavy atom. The highest BCUT2D eigenvalue weighted by Gasteiger charge is 2.04. The number of thiazole rings is 1. The summed E-state index contributed by atoms with van der Waals surface area (Å²) < 4.78 is 28.1. The Morgan fingerprint density at radius 3 is 2.88 bits per heavy atom. The molecule has 2 aromatic rings. The summed E-state index contributed by atoms with van der Waals surface area (Å²) in [6.45, 7) is 0. The zero-order chi connectivity index (χ0) is 11.7. The minimum Gasteiger partial charge on any atom is -0.384 e. The van der Waals surface area contributed by atoms with Crippen LogP contribution in [0.3, 0.4) is 0 Å². The molecule has 0 aliphatic carbocycles. The lowest BCUT2D eigenvalue weighted by Crippen LogP contribution is -2.12. The van der Waals surface area contributed by atoms with Crippen LogP contribution in [-0.4, -0.2) is 13.0 Å². The first-order valence-corrected chi connectivity index (χ1v) is 6.19. The molecule has 0 amide bonds. The molecule has 0 aliphatic rings. The maximum absolute atomic E-state index is 10.4. The Balaban J connectivity index is 2.63. The summed E-state index contributed by atoms with van der Waals surface area (Å²) in [5.74, 6) is 5.51. The van der Waals surface area contributed by atoms with Gasteiger partial charge in [0, 0.05) is 13.1 Å². The molecule has 0 saturated carbocycles. The first-order chi connectivity index (χ1) is 7.61. The molecule has 0 spiro atoms. The quantitative estimate of drug-likeness (QED) is 0.448. The van der Waals surface area contributed by atoms with Gasteiger partial charge in [-0.25, -0.2) is 0 Å². The summed E-state index contributed by atoms with van der Waals surface area (Å²) in [4.78, 5) is 0.652. The molecule has 2 rings (SSSR count). The van der Waals surface area contributed by atoms with Crippen LogP contribution in [0.5, 0.6) is 5.75 Å². The Hall–Kier alpha value is -1.54. The molecule has 0 saturated heterocycles. The fourth-order valence-corrected chi connectivity index (χ4v) is 2.63. The minimum atomic E-state index is -2.89. The molecule has 0 unspecified atom stereocenters. The van der Waals surface area contributed by atoms with Gasteiger partial charge in [0.25, 0.3) is 11.0 Å². The van der Waals surface area contributed by atoms with Crippen molar-refractivity contribution in [3.8, 4) is 5.75 Å². The van der Waals surface area contributed by atoms with Crippen molar-refractivity contribution in [3.63, 3.8) is 0 Å². The molecule has 0 radical (unpaired) electrons. The number of nitrogens with zero attached hydrogens (tertiary/aromatic N) is 2. The van der Waals surface area contributed by atoms with Gasteiger partial charge in [-0.05, 0) is 12.1 Å². The van der Waals surface area contributed by atoms with E-state index in [-0.39, 0.29) is 5.75 Å². The summed E-state index contributed by atoms with van der Waals surface area (Å²) in [6, 6.07) is 4.98. The lowest BCUT2D eigenvalue weighted by molar-refractivity contribution is 0.511. The average molecular weight is 259 g/mol. The lowest BCUT2D eigenvalue weighted by atomic mass is 10.3. The van der Waals surface area contributed by atoms with Gasteiger partial charge in [-0.3, -0.25) is 0 Å². The average Bonchev–Trinajstić information content (AvgIpc) is 2.54. The Labute approximate surface area is 96.7 Å². The van der Waals surface area contributed by atoms with Gasteiger partial charge in [-0.2, -0.15) is 13.5 Å². The Bertz CT molecular complexity index is 661. The van der Waals surface area contributed by atoms with Gasteiger partial charge in [-0.15, -0.1) is 0 Å². The van der Waals surface area contributed by atoms with Gasteiger partial charge in [0.05, 0.1) is 10.2 Å². The van der Waals surface area contributed by atoms with Crippen LogP contribution in [0.4, 0.5) is 0 Å². The molecule has 0 bridgehead atoms. The number of aromatic nitrogens is 1. The van der Waals surface area contributed by atoms with Gasteiger partial charge in [0.2, 0.25) is 4.80 Å². The van der Waals surface area contributed by atoms with Crippen molar-refractivity contribution < 1.29 is 12.6 Å². The van der Waals surface area contributed by atoms with Crippen molar-refractivity contribution in [2.45, 2.75) is 0 Å². The molecule has 86 valence electrons. The number of aryl methyl sites for hydroxylation is 1. The molecule has 0 fully saturated rings. The van der Waals surface area contributed by atoms with Crippen molar-refractivity contribution >= 4 is 32.5 Å². The van der Waals surface area contributed by atoms with E-state index in [9.17, 15) is 8.42 Å². The zero-order valence-electron chi connectivity index (χ0n) is 8.28. The molecular weight excluding hydrogens is 250 g/mol. The van der Waals surface area contributed by atoms with Crippen LogP contribution in [-0.2, 0) is 18.0 Å². The van der Waals surface area contributed by atoms with E-state index in [2.05, 4.69) is 9.28 Å². The van der Waals surface area contributed by atoms with Crippen LogP contribution in [0.1, 0.15) is 0 Å². The highest BCUT2D eigenvalue weighted by atomic mass is 32.2. The van der Waals surface area contributed by atoms with E-state index in [4.69, 9.17) is 5.84 Å². The second-order valence-electron chi connectivity index (χ2n) is 3.02.